The number of rotatable bonds is 4. The topological polar surface area (TPSA) is 68.5 Å². The average molecular weight is 309 g/mol. The number of benzene rings is 1. The van der Waals surface area contributed by atoms with E-state index >= 15 is 0 Å². The Hall–Kier alpha value is -1.87. The summed E-state index contributed by atoms with van der Waals surface area (Å²) in [6.07, 6.45) is 1.33. The number of halogens is 1. The van der Waals surface area contributed by atoms with Gasteiger partial charge in [-0.25, -0.2) is 5.43 Å². The molecule has 94 valence electrons. The van der Waals surface area contributed by atoms with E-state index in [2.05, 4.69) is 26.5 Å². The van der Waals surface area contributed by atoms with Crippen LogP contribution in [0.2, 0.25) is 0 Å². The fourth-order valence-electron chi connectivity index (χ4n) is 1.26. The van der Waals surface area contributed by atoms with E-state index in [-0.39, 0.29) is 6.42 Å². The fraction of sp³-hybridized carbons (Fsp3) is 0.250. The Kier molecular flexibility index (Phi) is 5.33. The number of hydrazone groups is 1. The van der Waals surface area contributed by atoms with Crippen molar-refractivity contribution in [3.8, 4) is 6.07 Å². The molecule has 1 N–H and O–H groups in total. The van der Waals surface area contributed by atoms with Gasteiger partial charge in [0.25, 0.3) is 5.91 Å². The molecule has 0 aliphatic rings. The maximum absolute atomic E-state index is 11.0. The van der Waals surface area contributed by atoms with Crippen LogP contribution in [-0.4, -0.2) is 26.2 Å². The molecular formula is C12H13BrN4O. The largest absolute Gasteiger partial charge is 0.377 e. The van der Waals surface area contributed by atoms with Crippen molar-refractivity contribution in [3.05, 3.63) is 28.2 Å². The molecule has 0 aliphatic heterocycles. The molecule has 0 fully saturated rings. The number of nitriles is 1. The second kappa shape index (κ2) is 6.77. The number of carbonyl (C=O) groups is 1. The molecular weight excluding hydrogens is 296 g/mol. The number of hydrogen-bond donors (Lipinski definition) is 1. The van der Waals surface area contributed by atoms with Crippen LogP contribution >= 0.6 is 15.9 Å². The SMILES string of the molecule is CN(C)c1ccc(/C=N/NC(=O)CC#N)cc1Br. The molecule has 0 saturated carbocycles. The first-order valence-electron chi connectivity index (χ1n) is 5.20. The van der Waals surface area contributed by atoms with Gasteiger partial charge in [0, 0.05) is 18.6 Å². The van der Waals surface area contributed by atoms with Crippen LogP contribution in [0.25, 0.3) is 0 Å². The first kappa shape index (κ1) is 14.2. The van der Waals surface area contributed by atoms with Crippen LogP contribution in [0.15, 0.2) is 27.8 Å². The number of nitrogens with one attached hydrogen (secondary N) is 1. The summed E-state index contributed by atoms with van der Waals surface area (Å²) in [6, 6.07) is 7.48. The zero-order valence-electron chi connectivity index (χ0n) is 10.1. The van der Waals surface area contributed by atoms with Gasteiger partial charge >= 0.3 is 0 Å². The Morgan fingerprint density at radius 2 is 2.33 bits per heavy atom. The van der Waals surface area contributed by atoms with Crippen molar-refractivity contribution < 1.29 is 4.79 Å². The summed E-state index contributed by atoms with van der Waals surface area (Å²) in [7, 11) is 3.91. The van der Waals surface area contributed by atoms with E-state index < -0.39 is 5.91 Å². The molecule has 1 amide bonds. The van der Waals surface area contributed by atoms with Gasteiger partial charge in [-0.2, -0.15) is 10.4 Å². The molecule has 18 heavy (non-hydrogen) atoms. The molecule has 5 nitrogen and oxygen atoms in total. The van der Waals surface area contributed by atoms with Gasteiger partial charge in [-0.1, -0.05) is 6.07 Å². The van der Waals surface area contributed by atoms with Crippen molar-refractivity contribution in [2.75, 3.05) is 19.0 Å². The predicted octanol–water partition coefficient (Wildman–Crippen LogP) is 1.88. The van der Waals surface area contributed by atoms with Gasteiger partial charge in [0.05, 0.1) is 18.0 Å². The average Bonchev–Trinajstić information content (AvgIpc) is 2.29. The van der Waals surface area contributed by atoms with Crippen molar-refractivity contribution >= 4 is 33.7 Å². The summed E-state index contributed by atoms with van der Waals surface area (Å²) in [4.78, 5) is 13.0. The summed E-state index contributed by atoms with van der Waals surface area (Å²) in [5.41, 5.74) is 4.18. The monoisotopic (exact) mass is 308 g/mol. The molecule has 1 aromatic rings. The lowest BCUT2D eigenvalue weighted by Gasteiger charge is -2.14. The lowest BCUT2D eigenvalue weighted by molar-refractivity contribution is -0.120. The molecule has 6 heteroatoms. The smallest absolute Gasteiger partial charge is 0.254 e. The number of nitrogens with zero attached hydrogens (tertiary/aromatic N) is 3. The number of anilines is 1. The molecule has 0 atom stereocenters. The van der Waals surface area contributed by atoms with Crippen molar-refractivity contribution in [1.29, 1.82) is 5.26 Å². The van der Waals surface area contributed by atoms with Crippen LogP contribution in [-0.2, 0) is 4.79 Å². The third-order valence-corrected chi connectivity index (χ3v) is 2.73. The van der Waals surface area contributed by atoms with Gasteiger partial charge < -0.3 is 4.90 Å². The molecule has 0 heterocycles. The molecule has 0 radical (unpaired) electrons. The van der Waals surface area contributed by atoms with Gasteiger partial charge in [0.15, 0.2) is 0 Å². The number of carbonyl (C=O) groups excluding carboxylic acids is 1. The van der Waals surface area contributed by atoms with Crippen molar-refractivity contribution in [3.63, 3.8) is 0 Å². The van der Waals surface area contributed by atoms with E-state index in [1.807, 2.05) is 37.2 Å². The van der Waals surface area contributed by atoms with E-state index in [4.69, 9.17) is 5.26 Å². The minimum Gasteiger partial charge on any atom is -0.377 e. The normalized spacial score (nSPS) is 10.1. The van der Waals surface area contributed by atoms with Gasteiger partial charge in [0.1, 0.15) is 6.42 Å². The number of amides is 1. The summed E-state index contributed by atoms with van der Waals surface area (Å²) >= 11 is 3.46. The van der Waals surface area contributed by atoms with Crippen LogP contribution < -0.4 is 10.3 Å². The van der Waals surface area contributed by atoms with Crippen molar-refractivity contribution in [1.82, 2.24) is 5.43 Å². The van der Waals surface area contributed by atoms with Crippen molar-refractivity contribution in [2.45, 2.75) is 6.42 Å². The molecule has 0 spiro atoms. The molecule has 0 aromatic heterocycles. The van der Waals surface area contributed by atoms with E-state index in [0.717, 1.165) is 15.7 Å². The summed E-state index contributed by atoms with van der Waals surface area (Å²) in [6.45, 7) is 0. The predicted molar refractivity (Wildman–Crippen MR) is 74.4 cm³/mol. The molecule has 1 aromatic carbocycles. The Labute approximate surface area is 114 Å². The third-order valence-electron chi connectivity index (χ3n) is 2.10. The Bertz CT molecular complexity index is 505. The van der Waals surface area contributed by atoms with E-state index in [9.17, 15) is 4.79 Å². The van der Waals surface area contributed by atoms with Crippen LogP contribution in [0.1, 0.15) is 12.0 Å². The first-order chi connectivity index (χ1) is 8.54. The zero-order valence-corrected chi connectivity index (χ0v) is 11.7. The minimum absolute atomic E-state index is 0.194. The quantitative estimate of drug-likeness (QED) is 0.682. The first-order valence-corrected chi connectivity index (χ1v) is 5.99. The summed E-state index contributed by atoms with van der Waals surface area (Å²) in [5.74, 6) is -0.419. The highest BCUT2D eigenvalue weighted by atomic mass is 79.9. The molecule has 0 unspecified atom stereocenters. The Balaban J connectivity index is 2.69. The number of hydrogen-bond acceptors (Lipinski definition) is 4. The van der Waals surface area contributed by atoms with Crippen LogP contribution in [0.5, 0.6) is 0 Å². The standard InChI is InChI=1S/C12H13BrN4O/c1-17(2)11-4-3-9(7-10(11)13)8-15-16-12(18)5-6-14/h3-4,7-8H,5H2,1-2H3,(H,16,18)/b15-8+. The lowest BCUT2D eigenvalue weighted by Crippen LogP contribution is -2.16. The van der Waals surface area contributed by atoms with Crippen LogP contribution in [0.4, 0.5) is 5.69 Å². The maximum atomic E-state index is 11.0. The van der Waals surface area contributed by atoms with Crippen LogP contribution in [0, 0.1) is 11.3 Å². The van der Waals surface area contributed by atoms with Gasteiger partial charge in [-0.3, -0.25) is 4.79 Å². The van der Waals surface area contributed by atoms with Gasteiger partial charge in [-0.05, 0) is 33.6 Å². The highest BCUT2D eigenvalue weighted by molar-refractivity contribution is 9.10. The Morgan fingerprint density at radius 3 is 2.89 bits per heavy atom. The minimum atomic E-state index is -0.419. The molecule has 0 aliphatic carbocycles. The van der Waals surface area contributed by atoms with Crippen molar-refractivity contribution in [2.24, 2.45) is 5.10 Å². The van der Waals surface area contributed by atoms with Gasteiger partial charge in [0.2, 0.25) is 0 Å². The molecule has 1 rings (SSSR count). The second-order valence-electron chi connectivity index (χ2n) is 3.73. The highest BCUT2D eigenvalue weighted by Crippen LogP contribution is 2.25. The summed E-state index contributed by atoms with van der Waals surface area (Å²) < 4.78 is 0.944. The lowest BCUT2D eigenvalue weighted by atomic mass is 10.2. The fourth-order valence-corrected chi connectivity index (χ4v) is 2.01. The molecule has 0 saturated heterocycles. The maximum Gasteiger partial charge on any atom is 0.254 e. The van der Waals surface area contributed by atoms with E-state index in [1.54, 1.807) is 6.07 Å². The van der Waals surface area contributed by atoms with E-state index in [0.29, 0.717) is 0 Å². The second-order valence-corrected chi connectivity index (χ2v) is 4.59. The molecule has 0 bridgehead atoms. The summed E-state index contributed by atoms with van der Waals surface area (Å²) in [5, 5.41) is 12.1. The van der Waals surface area contributed by atoms with Gasteiger partial charge in [-0.15, -0.1) is 0 Å². The zero-order chi connectivity index (χ0) is 13.5. The third kappa shape index (κ3) is 4.18. The van der Waals surface area contributed by atoms with Crippen LogP contribution in [0.3, 0.4) is 0 Å². The Morgan fingerprint density at radius 1 is 1.61 bits per heavy atom. The highest BCUT2D eigenvalue weighted by Gasteiger charge is 2.02. The van der Waals surface area contributed by atoms with E-state index in [1.165, 1.54) is 6.21 Å².